The van der Waals surface area contributed by atoms with Gasteiger partial charge in [0.15, 0.2) is 0 Å². The zero-order valence-corrected chi connectivity index (χ0v) is 24.7. The summed E-state index contributed by atoms with van der Waals surface area (Å²) >= 11 is 0. The second kappa shape index (κ2) is 10.4. The fourth-order valence-corrected chi connectivity index (χ4v) is 7.36. The number of nitrogens with zero attached hydrogens (tertiary/aromatic N) is 2. The Kier molecular flexibility index (Phi) is 5.95. The SMILES string of the molecule is c1ccc(N(c2ccccc2)c2ccc3c(c2)-c2cccc4c2B3c2ccc(N(c3ccccc3)c3ccccc3)cc2-4)cc1. The van der Waals surface area contributed by atoms with Crippen molar-refractivity contribution in [1.29, 1.82) is 0 Å². The van der Waals surface area contributed by atoms with Crippen LogP contribution in [0, 0.1) is 0 Å². The van der Waals surface area contributed by atoms with Gasteiger partial charge in [0.2, 0.25) is 6.71 Å². The van der Waals surface area contributed by atoms with Gasteiger partial charge in [-0.1, -0.05) is 120 Å². The average molecular weight is 573 g/mol. The molecule has 0 fully saturated rings. The molecule has 0 bridgehead atoms. The molecule has 7 aromatic rings. The molecule has 0 atom stereocenters. The first-order chi connectivity index (χ1) is 22.3. The molecule has 0 aliphatic carbocycles. The van der Waals surface area contributed by atoms with Crippen LogP contribution in [-0.2, 0) is 0 Å². The summed E-state index contributed by atoms with van der Waals surface area (Å²) in [6, 6.07) is 63.6. The molecule has 2 heterocycles. The molecule has 0 saturated carbocycles. The standard InChI is InChI=1S/C42H29BN2/c1-5-14-30(15-6-1)44(31-16-7-2-8-17-31)34-24-26-40-38(28-34)36-22-13-23-37-39-29-35(25-27-41(39)43(40)42(36)37)45(32-18-9-3-10-19-32)33-20-11-4-12-21-33/h1-29H. The van der Waals surface area contributed by atoms with Crippen LogP contribution in [0.1, 0.15) is 0 Å². The zero-order chi connectivity index (χ0) is 29.7. The van der Waals surface area contributed by atoms with E-state index in [4.69, 9.17) is 0 Å². The van der Waals surface area contributed by atoms with E-state index in [1.165, 1.54) is 50.0 Å². The van der Waals surface area contributed by atoms with Gasteiger partial charge in [-0.2, -0.15) is 0 Å². The monoisotopic (exact) mass is 572 g/mol. The lowest BCUT2D eigenvalue weighted by Crippen LogP contribution is -2.45. The summed E-state index contributed by atoms with van der Waals surface area (Å²) in [5.41, 5.74) is 16.5. The summed E-state index contributed by atoms with van der Waals surface area (Å²) < 4.78 is 0. The molecule has 45 heavy (non-hydrogen) atoms. The maximum atomic E-state index is 2.39. The summed E-state index contributed by atoms with van der Waals surface area (Å²) in [6.07, 6.45) is 0. The number of benzene rings is 7. The van der Waals surface area contributed by atoms with E-state index >= 15 is 0 Å². The van der Waals surface area contributed by atoms with E-state index in [-0.39, 0.29) is 6.71 Å². The lowest BCUT2D eigenvalue weighted by Gasteiger charge is -2.27. The molecule has 0 radical (unpaired) electrons. The van der Waals surface area contributed by atoms with Crippen molar-refractivity contribution in [3.05, 3.63) is 176 Å². The first kappa shape index (κ1) is 25.7. The molecule has 2 aliphatic heterocycles. The van der Waals surface area contributed by atoms with Crippen molar-refractivity contribution in [3.63, 3.8) is 0 Å². The molecule has 0 aromatic heterocycles. The highest BCUT2D eigenvalue weighted by Crippen LogP contribution is 2.41. The van der Waals surface area contributed by atoms with Crippen LogP contribution in [0.3, 0.4) is 0 Å². The van der Waals surface area contributed by atoms with Crippen molar-refractivity contribution in [3.8, 4) is 22.3 Å². The van der Waals surface area contributed by atoms with Crippen molar-refractivity contribution in [2.75, 3.05) is 9.80 Å². The molecule has 9 rings (SSSR count). The minimum absolute atomic E-state index is 0.244. The van der Waals surface area contributed by atoms with Crippen molar-refractivity contribution < 1.29 is 0 Å². The van der Waals surface area contributed by atoms with E-state index in [9.17, 15) is 0 Å². The fourth-order valence-electron chi connectivity index (χ4n) is 7.36. The van der Waals surface area contributed by atoms with Gasteiger partial charge < -0.3 is 9.80 Å². The Morgan fingerprint density at radius 1 is 0.289 bits per heavy atom. The maximum absolute atomic E-state index is 2.39. The number of fused-ring (bicyclic) bond motifs is 6. The first-order valence-electron chi connectivity index (χ1n) is 15.6. The van der Waals surface area contributed by atoms with Crippen LogP contribution < -0.4 is 26.2 Å². The Hall–Kier alpha value is -5.80. The van der Waals surface area contributed by atoms with E-state index in [2.05, 4.69) is 186 Å². The highest BCUT2D eigenvalue weighted by atomic mass is 15.1. The third-order valence-corrected chi connectivity index (χ3v) is 9.24. The van der Waals surface area contributed by atoms with Crippen LogP contribution in [0.5, 0.6) is 0 Å². The van der Waals surface area contributed by atoms with Crippen LogP contribution in [0.4, 0.5) is 34.1 Å². The number of hydrogen-bond donors (Lipinski definition) is 0. The van der Waals surface area contributed by atoms with Crippen LogP contribution in [-0.4, -0.2) is 6.71 Å². The minimum Gasteiger partial charge on any atom is -0.310 e. The highest BCUT2D eigenvalue weighted by Gasteiger charge is 2.42. The lowest BCUT2D eigenvalue weighted by molar-refractivity contribution is 1.28. The lowest BCUT2D eigenvalue weighted by atomic mass is 9.41. The molecule has 2 aliphatic rings. The van der Waals surface area contributed by atoms with Gasteiger partial charge in [0.25, 0.3) is 0 Å². The predicted molar refractivity (Wildman–Crippen MR) is 191 cm³/mol. The number of hydrogen-bond acceptors (Lipinski definition) is 2. The first-order valence-corrected chi connectivity index (χ1v) is 15.6. The van der Waals surface area contributed by atoms with Crippen LogP contribution in [0.15, 0.2) is 176 Å². The van der Waals surface area contributed by atoms with Crippen molar-refractivity contribution in [1.82, 2.24) is 0 Å². The Bertz CT molecular complexity index is 1930. The molecular formula is C42H29BN2. The van der Waals surface area contributed by atoms with E-state index in [1.807, 2.05) is 0 Å². The average Bonchev–Trinajstić information content (AvgIpc) is 3.62. The van der Waals surface area contributed by atoms with Crippen LogP contribution in [0.25, 0.3) is 22.3 Å². The molecule has 0 N–H and O–H groups in total. The molecule has 210 valence electrons. The van der Waals surface area contributed by atoms with Crippen LogP contribution >= 0.6 is 0 Å². The topological polar surface area (TPSA) is 6.48 Å². The summed E-state index contributed by atoms with van der Waals surface area (Å²) in [5, 5.41) is 0. The number of rotatable bonds is 6. The minimum atomic E-state index is 0.244. The molecule has 0 spiro atoms. The molecule has 2 nitrogen and oxygen atoms in total. The van der Waals surface area contributed by atoms with Crippen molar-refractivity contribution in [2.45, 2.75) is 0 Å². The van der Waals surface area contributed by atoms with Gasteiger partial charge in [-0.25, -0.2) is 0 Å². The normalized spacial score (nSPS) is 12.0. The van der Waals surface area contributed by atoms with E-state index in [0.29, 0.717) is 0 Å². The maximum Gasteiger partial charge on any atom is 0.244 e. The van der Waals surface area contributed by atoms with Gasteiger partial charge in [0, 0.05) is 34.1 Å². The summed E-state index contributed by atoms with van der Waals surface area (Å²) in [5.74, 6) is 0. The number of anilines is 6. The van der Waals surface area contributed by atoms with Crippen LogP contribution in [0.2, 0.25) is 0 Å². The van der Waals surface area contributed by atoms with Gasteiger partial charge in [-0.05, 0) is 95.1 Å². The highest BCUT2D eigenvalue weighted by molar-refractivity contribution is 7.02. The zero-order valence-electron chi connectivity index (χ0n) is 24.7. The third kappa shape index (κ3) is 4.12. The number of para-hydroxylation sites is 4. The molecular weight excluding hydrogens is 543 g/mol. The van der Waals surface area contributed by atoms with Gasteiger partial charge in [-0.3, -0.25) is 0 Å². The second-order valence-electron chi connectivity index (χ2n) is 11.8. The Morgan fingerprint density at radius 2 is 0.644 bits per heavy atom. The molecule has 7 aromatic carbocycles. The molecule has 3 heteroatoms. The second-order valence-corrected chi connectivity index (χ2v) is 11.8. The summed E-state index contributed by atoms with van der Waals surface area (Å²) in [7, 11) is 0. The Morgan fingerprint density at radius 3 is 1.00 bits per heavy atom. The third-order valence-electron chi connectivity index (χ3n) is 9.24. The van der Waals surface area contributed by atoms with Gasteiger partial charge in [0.05, 0.1) is 0 Å². The summed E-state index contributed by atoms with van der Waals surface area (Å²) in [4.78, 5) is 4.70. The van der Waals surface area contributed by atoms with E-state index in [0.717, 1.165) is 22.7 Å². The van der Waals surface area contributed by atoms with Crippen molar-refractivity contribution >= 4 is 57.2 Å². The quantitative estimate of drug-likeness (QED) is 0.183. The van der Waals surface area contributed by atoms with E-state index < -0.39 is 0 Å². The summed E-state index contributed by atoms with van der Waals surface area (Å²) in [6.45, 7) is 0.244. The Balaban J connectivity index is 1.17. The Labute approximate surface area is 264 Å². The van der Waals surface area contributed by atoms with Gasteiger partial charge >= 0.3 is 0 Å². The van der Waals surface area contributed by atoms with Gasteiger partial charge in [-0.15, -0.1) is 0 Å². The molecule has 0 amide bonds. The van der Waals surface area contributed by atoms with Crippen molar-refractivity contribution in [2.24, 2.45) is 0 Å². The van der Waals surface area contributed by atoms with Gasteiger partial charge in [0.1, 0.15) is 0 Å². The predicted octanol–water partition coefficient (Wildman–Crippen LogP) is 9.10. The molecule has 0 unspecified atom stereocenters. The fraction of sp³-hybridized carbons (Fsp3) is 0. The largest absolute Gasteiger partial charge is 0.310 e. The van der Waals surface area contributed by atoms with E-state index in [1.54, 1.807) is 0 Å². The molecule has 0 saturated heterocycles. The smallest absolute Gasteiger partial charge is 0.244 e.